The quantitative estimate of drug-likeness (QED) is 0.608. The van der Waals surface area contributed by atoms with Crippen LogP contribution < -0.4 is 29.6 Å². The van der Waals surface area contributed by atoms with Crippen LogP contribution in [-0.2, 0) is 6.54 Å². The summed E-state index contributed by atoms with van der Waals surface area (Å²) in [7, 11) is 6.18. The molecule has 2 amide bonds. The molecule has 8 heteroatoms. The fourth-order valence-electron chi connectivity index (χ4n) is 2.60. The zero-order valence-electron chi connectivity index (χ0n) is 16.4. The lowest BCUT2D eigenvalue weighted by atomic mass is 10.1. The van der Waals surface area contributed by atoms with E-state index in [1.54, 1.807) is 44.6 Å². The Labute approximate surface area is 164 Å². The average molecular weight is 390 g/mol. The van der Waals surface area contributed by atoms with E-state index < -0.39 is 12.1 Å². The second-order valence-electron chi connectivity index (χ2n) is 5.88. The molecule has 2 rings (SSSR count). The van der Waals surface area contributed by atoms with Crippen molar-refractivity contribution in [1.82, 2.24) is 10.6 Å². The molecule has 2 aromatic rings. The zero-order chi connectivity index (χ0) is 20.5. The maximum Gasteiger partial charge on any atom is 0.315 e. The van der Waals surface area contributed by atoms with Gasteiger partial charge in [0.15, 0.2) is 23.0 Å². The minimum atomic E-state index is -0.883. The number of hydrogen-bond acceptors (Lipinski definition) is 6. The van der Waals surface area contributed by atoms with Gasteiger partial charge in [0.05, 0.1) is 34.5 Å². The van der Waals surface area contributed by atoms with E-state index in [0.29, 0.717) is 35.1 Å². The Morgan fingerprint density at radius 1 is 0.857 bits per heavy atom. The molecule has 8 nitrogen and oxygen atoms in total. The van der Waals surface area contributed by atoms with Gasteiger partial charge in [-0.05, 0) is 35.4 Å². The summed E-state index contributed by atoms with van der Waals surface area (Å²) in [5.41, 5.74) is 1.46. The molecular formula is C20H26N2O6. The number of carbonyl (C=O) groups excluding carboxylic acids is 1. The van der Waals surface area contributed by atoms with Gasteiger partial charge in [0.1, 0.15) is 0 Å². The van der Waals surface area contributed by atoms with Crippen LogP contribution in [0.25, 0.3) is 0 Å². The van der Waals surface area contributed by atoms with Crippen molar-refractivity contribution in [3.63, 3.8) is 0 Å². The lowest BCUT2D eigenvalue weighted by molar-refractivity contribution is 0.172. The van der Waals surface area contributed by atoms with Crippen molar-refractivity contribution in [3.05, 3.63) is 47.5 Å². The van der Waals surface area contributed by atoms with Gasteiger partial charge in [-0.25, -0.2) is 4.79 Å². The van der Waals surface area contributed by atoms with Gasteiger partial charge in [-0.1, -0.05) is 12.1 Å². The van der Waals surface area contributed by atoms with E-state index in [9.17, 15) is 9.90 Å². The van der Waals surface area contributed by atoms with E-state index in [1.807, 2.05) is 6.07 Å². The monoisotopic (exact) mass is 390 g/mol. The van der Waals surface area contributed by atoms with Crippen molar-refractivity contribution >= 4 is 6.03 Å². The molecule has 0 bridgehead atoms. The number of nitrogens with one attached hydrogen (secondary N) is 2. The highest BCUT2D eigenvalue weighted by Gasteiger charge is 2.13. The fourth-order valence-corrected chi connectivity index (χ4v) is 2.60. The predicted octanol–water partition coefficient (Wildman–Crippen LogP) is 2.25. The van der Waals surface area contributed by atoms with Gasteiger partial charge in [0.2, 0.25) is 0 Å². The third-order valence-corrected chi connectivity index (χ3v) is 4.15. The number of ether oxygens (including phenoxy) is 4. The molecule has 3 N–H and O–H groups in total. The van der Waals surface area contributed by atoms with Crippen LogP contribution in [0.2, 0.25) is 0 Å². The largest absolute Gasteiger partial charge is 0.493 e. The van der Waals surface area contributed by atoms with Crippen molar-refractivity contribution in [2.75, 3.05) is 35.0 Å². The van der Waals surface area contributed by atoms with Crippen LogP contribution in [0.5, 0.6) is 23.0 Å². The molecular weight excluding hydrogens is 364 g/mol. The second kappa shape index (κ2) is 10.3. The Bertz CT molecular complexity index is 796. The highest BCUT2D eigenvalue weighted by Crippen LogP contribution is 2.30. The van der Waals surface area contributed by atoms with Crippen LogP contribution in [-0.4, -0.2) is 46.1 Å². The van der Waals surface area contributed by atoms with Crippen molar-refractivity contribution in [1.29, 1.82) is 0 Å². The molecule has 0 aliphatic heterocycles. The lowest BCUT2D eigenvalue weighted by Crippen LogP contribution is -2.37. The van der Waals surface area contributed by atoms with Gasteiger partial charge in [0.25, 0.3) is 0 Å². The van der Waals surface area contributed by atoms with Crippen molar-refractivity contribution < 1.29 is 28.8 Å². The molecule has 0 saturated carbocycles. The third kappa shape index (κ3) is 5.43. The molecule has 1 unspecified atom stereocenters. The third-order valence-electron chi connectivity index (χ3n) is 4.15. The summed E-state index contributed by atoms with van der Waals surface area (Å²) < 4.78 is 20.8. The van der Waals surface area contributed by atoms with E-state index in [-0.39, 0.29) is 6.54 Å². The Morgan fingerprint density at radius 2 is 1.43 bits per heavy atom. The zero-order valence-corrected chi connectivity index (χ0v) is 16.4. The Balaban J connectivity index is 1.87. The number of amides is 2. The number of carbonyl (C=O) groups is 1. The molecule has 0 fully saturated rings. The molecule has 0 aliphatic rings. The van der Waals surface area contributed by atoms with E-state index in [1.165, 1.54) is 14.2 Å². The molecule has 0 aromatic heterocycles. The predicted molar refractivity (Wildman–Crippen MR) is 104 cm³/mol. The van der Waals surface area contributed by atoms with Crippen LogP contribution in [0, 0.1) is 0 Å². The first-order chi connectivity index (χ1) is 13.5. The number of methoxy groups -OCH3 is 4. The molecule has 0 aliphatic carbocycles. The highest BCUT2D eigenvalue weighted by molar-refractivity contribution is 5.73. The lowest BCUT2D eigenvalue weighted by Gasteiger charge is -2.15. The van der Waals surface area contributed by atoms with Gasteiger partial charge < -0.3 is 34.7 Å². The van der Waals surface area contributed by atoms with Crippen LogP contribution in [0.1, 0.15) is 17.2 Å². The molecule has 0 heterocycles. The first-order valence-electron chi connectivity index (χ1n) is 8.65. The Kier molecular flexibility index (Phi) is 7.76. The van der Waals surface area contributed by atoms with Crippen LogP contribution in [0.15, 0.2) is 36.4 Å². The summed E-state index contributed by atoms with van der Waals surface area (Å²) >= 11 is 0. The standard InChI is InChI=1S/C20H26N2O6/c1-25-16-7-5-13(9-18(16)27-3)11-21-20(24)22-12-15(23)14-6-8-17(26-2)19(10-14)28-4/h5-10,15,23H,11-12H2,1-4H3,(H2,21,22,24). The SMILES string of the molecule is COc1ccc(CNC(=O)NCC(O)c2ccc(OC)c(OC)c2)cc1OC. The maximum atomic E-state index is 12.0. The van der Waals surface area contributed by atoms with E-state index in [2.05, 4.69) is 10.6 Å². The number of urea groups is 1. The topological polar surface area (TPSA) is 98.3 Å². The van der Waals surface area contributed by atoms with Gasteiger partial charge >= 0.3 is 6.03 Å². The number of benzene rings is 2. The summed E-state index contributed by atoms with van der Waals surface area (Å²) in [6.07, 6.45) is -0.883. The second-order valence-corrected chi connectivity index (χ2v) is 5.88. The molecule has 28 heavy (non-hydrogen) atoms. The molecule has 0 saturated heterocycles. The van der Waals surface area contributed by atoms with E-state index in [0.717, 1.165) is 5.56 Å². The maximum absolute atomic E-state index is 12.0. The van der Waals surface area contributed by atoms with Crippen LogP contribution >= 0.6 is 0 Å². The van der Waals surface area contributed by atoms with Crippen molar-refractivity contribution in [3.8, 4) is 23.0 Å². The van der Waals surface area contributed by atoms with Crippen molar-refractivity contribution in [2.45, 2.75) is 12.6 Å². The molecule has 0 radical (unpaired) electrons. The van der Waals surface area contributed by atoms with E-state index >= 15 is 0 Å². The van der Waals surface area contributed by atoms with Crippen LogP contribution in [0.3, 0.4) is 0 Å². The first kappa shape index (κ1) is 21.2. The first-order valence-corrected chi connectivity index (χ1v) is 8.65. The minimum Gasteiger partial charge on any atom is -0.493 e. The molecule has 152 valence electrons. The van der Waals surface area contributed by atoms with Crippen molar-refractivity contribution in [2.24, 2.45) is 0 Å². The van der Waals surface area contributed by atoms with Gasteiger partial charge in [-0.15, -0.1) is 0 Å². The number of rotatable bonds is 9. The minimum absolute atomic E-state index is 0.0489. The normalized spacial score (nSPS) is 11.3. The molecule has 1 atom stereocenters. The van der Waals surface area contributed by atoms with Gasteiger partial charge in [-0.3, -0.25) is 0 Å². The van der Waals surface area contributed by atoms with Crippen LogP contribution in [0.4, 0.5) is 4.79 Å². The summed E-state index contributed by atoms with van der Waals surface area (Å²) in [6.45, 7) is 0.353. The Hall–Kier alpha value is -3.13. The molecule has 2 aromatic carbocycles. The van der Waals surface area contributed by atoms with Gasteiger partial charge in [-0.2, -0.15) is 0 Å². The summed E-state index contributed by atoms with van der Waals surface area (Å²) in [4.78, 5) is 12.0. The summed E-state index contributed by atoms with van der Waals surface area (Å²) in [6, 6.07) is 10.1. The van der Waals surface area contributed by atoms with Gasteiger partial charge in [0, 0.05) is 13.1 Å². The highest BCUT2D eigenvalue weighted by atomic mass is 16.5. The van der Waals surface area contributed by atoms with E-state index in [4.69, 9.17) is 18.9 Å². The summed E-state index contributed by atoms with van der Waals surface area (Å²) in [5, 5.41) is 15.7. The average Bonchev–Trinajstić information content (AvgIpc) is 2.74. The number of aliphatic hydroxyl groups is 1. The Morgan fingerprint density at radius 3 is 2.04 bits per heavy atom. The smallest absolute Gasteiger partial charge is 0.315 e. The molecule has 0 spiro atoms. The number of hydrogen-bond donors (Lipinski definition) is 3. The fraction of sp³-hybridized carbons (Fsp3) is 0.350. The number of aliphatic hydroxyl groups excluding tert-OH is 1. The summed E-state index contributed by atoms with van der Waals surface area (Å²) in [5.74, 6) is 2.29.